The number of carboxylic acid groups (broad SMARTS) is 1. The molecule has 0 aliphatic carbocycles. The fraction of sp³-hybridized carbons (Fsp3) is 0.833. The Kier molecular flexibility index (Phi) is 3.88. The molecule has 0 saturated carbocycles. The van der Waals surface area contributed by atoms with Crippen LogP contribution in [0.4, 0.5) is 0 Å². The number of aliphatic hydroxyl groups excluding tert-OH is 3. The highest BCUT2D eigenvalue weighted by Crippen LogP contribution is 2.22. The molecule has 0 bridgehead atoms. The lowest BCUT2D eigenvalue weighted by molar-refractivity contribution is -0.288. The van der Waals surface area contributed by atoms with Crippen molar-refractivity contribution in [3.63, 3.8) is 0 Å². The van der Waals surface area contributed by atoms with Gasteiger partial charge in [-0.15, -0.1) is 0 Å². The highest BCUT2D eigenvalue weighted by atomic mass is 16.7. The topological polar surface area (TPSA) is 165 Å². The van der Waals surface area contributed by atoms with Crippen molar-refractivity contribution >= 4 is 5.97 Å². The maximum absolute atomic E-state index is 10.6. The van der Waals surface area contributed by atoms with E-state index in [0.29, 0.717) is 0 Å². The third-order valence-corrected chi connectivity index (χ3v) is 2.01. The van der Waals surface area contributed by atoms with Crippen LogP contribution in [0.1, 0.15) is 0 Å². The summed E-state index contributed by atoms with van der Waals surface area (Å²) in [5, 5.41) is 39.1. The Morgan fingerprint density at radius 1 is 1.38 bits per heavy atom. The summed E-state index contributed by atoms with van der Waals surface area (Å²) in [6.45, 7) is 0. The van der Waals surface area contributed by atoms with Crippen molar-refractivity contribution in [1.82, 2.24) is 0 Å². The van der Waals surface area contributed by atoms with Gasteiger partial charge in [0.15, 0.2) is 18.5 Å². The molecule has 0 radical (unpaired) electrons. The van der Waals surface area contributed by atoms with Gasteiger partial charge in [-0.1, -0.05) is 0 Å². The van der Waals surface area contributed by atoms with Crippen molar-refractivity contribution < 1.29 is 34.8 Å². The first-order valence-electron chi connectivity index (χ1n) is 4.11. The summed E-state index contributed by atoms with van der Waals surface area (Å²) in [5.74, 6) is -1.55. The number of carbonyl (C=O) groups is 1. The predicted molar refractivity (Wildman–Crippen MR) is 44.5 cm³/mol. The minimum Gasteiger partial charge on any atom is -0.479 e. The molecule has 1 aliphatic heterocycles. The first-order valence-corrected chi connectivity index (χ1v) is 4.11. The molecule has 4 N–H and O–H groups in total. The van der Waals surface area contributed by atoms with Crippen molar-refractivity contribution in [2.45, 2.75) is 30.7 Å². The number of aliphatic hydroxyl groups is 3. The van der Waals surface area contributed by atoms with Crippen LogP contribution in [-0.4, -0.2) is 57.1 Å². The predicted octanol–water partition coefficient (Wildman–Crippen LogP) is -1.88. The van der Waals surface area contributed by atoms with Crippen LogP contribution < -0.4 is 0 Å². The van der Waals surface area contributed by atoms with Crippen molar-refractivity contribution in [2.24, 2.45) is 5.28 Å². The van der Waals surface area contributed by atoms with Crippen molar-refractivity contribution in [3.05, 3.63) is 10.4 Å². The Balaban J connectivity index is 2.85. The zero-order valence-corrected chi connectivity index (χ0v) is 7.74. The minimum absolute atomic E-state index is 1.55. The van der Waals surface area contributed by atoms with E-state index in [1.807, 2.05) is 0 Å². The zero-order chi connectivity index (χ0) is 12.3. The molecular weight excluding hydrogens is 226 g/mol. The Labute approximate surface area is 88.2 Å². The molecule has 10 nitrogen and oxygen atoms in total. The average Bonchev–Trinajstić information content (AvgIpc) is 2.23. The molecule has 90 valence electrons. The largest absolute Gasteiger partial charge is 0.479 e. The molecule has 5 atom stereocenters. The van der Waals surface area contributed by atoms with Crippen LogP contribution in [0.5, 0.6) is 0 Å². The summed E-state index contributed by atoms with van der Waals surface area (Å²) in [4.78, 5) is 17.1. The summed E-state index contributed by atoms with van der Waals surface area (Å²) in [7, 11) is 0. The van der Waals surface area contributed by atoms with Crippen LogP contribution in [0.3, 0.4) is 0 Å². The number of ether oxygens (including phenoxy) is 1. The second-order valence-corrected chi connectivity index (χ2v) is 3.01. The molecule has 1 aliphatic rings. The van der Waals surface area contributed by atoms with Gasteiger partial charge in [0, 0.05) is 4.91 Å². The Morgan fingerprint density at radius 3 is 2.50 bits per heavy atom. The van der Waals surface area contributed by atoms with Crippen molar-refractivity contribution in [3.8, 4) is 0 Å². The van der Waals surface area contributed by atoms with Gasteiger partial charge in [-0.25, -0.2) is 4.79 Å². The van der Waals surface area contributed by atoms with Gasteiger partial charge in [0.1, 0.15) is 17.5 Å². The number of carboxylic acids is 1. The number of nitrogens with zero attached hydrogens (tertiary/aromatic N) is 3. The monoisotopic (exact) mass is 235 g/mol. The number of hydrogen-bond donors (Lipinski definition) is 4. The lowest BCUT2D eigenvalue weighted by Crippen LogP contribution is -2.60. The highest BCUT2D eigenvalue weighted by Gasteiger charge is 2.48. The van der Waals surface area contributed by atoms with Crippen LogP contribution in [0.15, 0.2) is 5.28 Å². The molecule has 0 aromatic carbocycles. The van der Waals surface area contributed by atoms with E-state index in [2.05, 4.69) is 19.8 Å². The number of hydrogen-bond acceptors (Lipinski definition) is 7. The molecule has 0 spiro atoms. The quantitative estimate of drug-likeness (QED) is 0.192. The molecule has 1 saturated heterocycles. The summed E-state index contributed by atoms with van der Waals surface area (Å²) in [5.41, 5.74) is 7.97. The third-order valence-electron chi connectivity index (χ3n) is 2.01. The van der Waals surface area contributed by atoms with Crippen molar-refractivity contribution in [1.29, 1.82) is 0 Å². The minimum atomic E-state index is -1.86. The van der Waals surface area contributed by atoms with Gasteiger partial charge in [0.25, 0.3) is 0 Å². The Hall–Kier alpha value is -1.58. The Morgan fingerprint density at radius 2 is 2.00 bits per heavy atom. The average molecular weight is 235 g/mol. The maximum atomic E-state index is 10.6. The summed E-state index contributed by atoms with van der Waals surface area (Å²) < 4.78 is 4.42. The summed E-state index contributed by atoms with van der Waals surface area (Å²) in [6, 6.07) is 0. The van der Waals surface area contributed by atoms with Gasteiger partial charge in [-0.05, 0) is 5.53 Å². The Bertz CT molecular complexity index is 317. The van der Waals surface area contributed by atoms with Crippen LogP contribution in [0.25, 0.3) is 10.4 Å². The zero-order valence-electron chi connectivity index (χ0n) is 7.74. The smallest absolute Gasteiger partial charge is 0.335 e. The molecule has 0 aromatic rings. The normalized spacial score (nSPS) is 38.6. The van der Waals surface area contributed by atoms with E-state index in [0.717, 1.165) is 0 Å². The lowest BCUT2D eigenvalue weighted by atomic mass is 9.99. The first kappa shape index (κ1) is 12.5. The molecule has 0 amide bonds. The summed E-state index contributed by atoms with van der Waals surface area (Å²) in [6.07, 6.45) is -8.72. The second-order valence-electron chi connectivity index (χ2n) is 3.01. The first-order chi connectivity index (χ1) is 7.49. The van der Waals surface area contributed by atoms with E-state index in [1.165, 1.54) is 0 Å². The molecule has 10 heteroatoms. The fourth-order valence-corrected chi connectivity index (χ4v) is 1.25. The molecule has 5 unspecified atom stereocenters. The van der Waals surface area contributed by atoms with E-state index in [-0.39, 0.29) is 0 Å². The number of rotatable bonds is 3. The van der Waals surface area contributed by atoms with Crippen molar-refractivity contribution in [2.75, 3.05) is 0 Å². The van der Waals surface area contributed by atoms with E-state index in [4.69, 9.17) is 15.7 Å². The SMILES string of the molecule is [N-]=[N+]=NOC1C(O)C(O)OC(C(=O)O)C1O. The maximum Gasteiger partial charge on any atom is 0.335 e. The van der Waals surface area contributed by atoms with E-state index in [9.17, 15) is 15.0 Å². The van der Waals surface area contributed by atoms with Crippen LogP contribution >= 0.6 is 0 Å². The third kappa shape index (κ3) is 2.32. The lowest BCUT2D eigenvalue weighted by Gasteiger charge is -2.37. The second kappa shape index (κ2) is 4.96. The molecule has 16 heavy (non-hydrogen) atoms. The number of aliphatic carboxylic acids is 1. The van der Waals surface area contributed by atoms with Gasteiger partial charge < -0.3 is 30.0 Å². The van der Waals surface area contributed by atoms with Gasteiger partial charge in [-0.3, -0.25) is 0 Å². The van der Waals surface area contributed by atoms with Gasteiger partial charge in [0.2, 0.25) is 0 Å². The summed E-state index contributed by atoms with van der Waals surface area (Å²) >= 11 is 0. The van der Waals surface area contributed by atoms with E-state index < -0.39 is 36.7 Å². The van der Waals surface area contributed by atoms with E-state index >= 15 is 0 Å². The standard InChI is InChI=1S/C6H9N3O7/c7-8-9-16-3-1(10)4(5(12)13)15-6(14)2(3)11/h1-4,6,10-11,14H,(H,12,13). The van der Waals surface area contributed by atoms with Gasteiger partial charge >= 0.3 is 5.97 Å². The van der Waals surface area contributed by atoms with Crippen LogP contribution in [0.2, 0.25) is 0 Å². The fourth-order valence-electron chi connectivity index (χ4n) is 1.25. The molecule has 1 fully saturated rings. The molecular formula is C6H9N3O7. The highest BCUT2D eigenvalue weighted by molar-refractivity contribution is 5.73. The van der Waals surface area contributed by atoms with Gasteiger partial charge in [0.05, 0.1) is 0 Å². The van der Waals surface area contributed by atoms with Crippen LogP contribution in [-0.2, 0) is 14.4 Å². The molecule has 1 heterocycles. The molecule has 1 rings (SSSR count). The van der Waals surface area contributed by atoms with Gasteiger partial charge in [-0.2, -0.15) is 0 Å². The number of azide groups is 1. The molecule has 0 aromatic heterocycles. The van der Waals surface area contributed by atoms with E-state index in [1.54, 1.807) is 0 Å². The van der Waals surface area contributed by atoms with Crippen LogP contribution in [0, 0.1) is 0 Å².